The lowest BCUT2D eigenvalue weighted by atomic mass is 9.97. The fraction of sp³-hybridized carbons (Fsp3) is 0.348. The minimum atomic E-state index is 0.555. The van der Waals surface area contributed by atoms with Crippen LogP contribution in [-0.2, 0) is 13.0 Å². The number of hydrogen-bond donors (Lipinski definition) is 0. The van der Waals surface area contributed by atoms with Gasteiger partial charge in [0.2, 0.25) is 11.7 Å². The van der Waals surface area contributed by atoms with Gasteiger partial charge in [-0.1, -0.05) is 48.5 Å². The molecule has 148 valence electrons. The molecule has 29 heavy (non-hydrogen) atoms. The van der Waals surface area contributed by atoms with Crippen molar-refractivity contribution in [3.63, 3.8) is 0 Å². The number of benzene rings is 2. The van der Waals surface area contributed by atoms with E-state index >= 15 is 0 Å². The lowest BCUT2D eigenvalue weighted by Gasteiger charge is -2.29. The van der Waals surface area contributed by atoms with E-state index in [2.05, 4.69) is 70.5 Å². The van der Waals surface area contributed by atoms with Gasteiger partial charge in [-0.25, -0.2) is 4.98 Å². The Morgan fingerprint density at radius 2 is 1.83 bits per heavy atom. The van der Waals surface area contributed by atoms with Gasteiger partial charge < -0.3 is 4.52 Å². The average molecular weight is 405 g/mol. The van der Waals surface area contributed by atoms with Crippen LogP contribution in [-0.4, -0.2) is 33.1 Å². The molecule has 0 saturated carbocycles. The van der Waals surface area contributed by atoms with Crippen molar-refractivity contribution in [3.8, 4) is 11.4 Å². The van der Waals surface area contributed by atoms with Gasteiger partial charge in [0.15, 0.2) is 0 Å². The van der Waals surface area contributed by atoms with Gasteiger partial charge in [0.25, 0.3) is 0 Å². The van der Waals surface area contributed by atoms with Crippen LogP contribution in [0, 0.1) is 0 Å². The maximum absolute atomic E-state index is 5.52. The molecule has 0 amide bonds. The van der Waals surface area contributed by atoms with Crippen LogP contribution in [0.3, 0.4) is 0 Å². The molecular formula is C23H24N4OS. The third kappa shape index (κ3) is 3.95. The van der Waals surface area contributed by atoms with E-state index in [9.17, 15) is 0 Å². The Morgan fingerprint density at radius 3 is 2.59 bits per heavy atom. The highest BCUT2D eigenvalue weighted by Gasteiger charge is 2.24. The van der Waals surface area contributed by atoms with Crippen molar-refractivity contribution >= 4 is 21.6 Å². The highest BCUT2D eigenvalue weighted by molar-refractivity contribution is 7.18. The second-order valence-electron chi connectivity index (χ2n) is 7.63. The number of hydrogen-bond acceptors (Lipinski definition) is 6. The van der Waals surface area contributed by atoms with Gasteiger partial charge in [0, 0.05) is 11.5 Å². The van der Waals surface area contributed by atoms with Crippen LogP contribution < -0.4 is 0 Å². The second kappa shape index (κ2) is 8.05. The van der Waals surface area contributed by atoms with E-state index in [1.165, 1.54) is 15.3 Å². The van der Waals surface area contributed by atoms with E-state index in [4.69, 9.17) is 9.51 Å². The molecule has 2 aromatic carbocycles. The third-order valence-corrected chi connectivity index (χ3v) is 6.89. The summed E-state index contributed by atoms with van der Waals surface area (Å²) in [6.07, 6.45) is 3.28. The zero-order valence-electron chi connectivity index (χ0n) is 16.5. The summed E-state index contributed by atoms with van der Waals surface area (Å²) in [6.45, 7) is 4.93. The van der Waals surface area contributed by atoms with Crippen LogP contribution in [0.25, 0.3) is 21.6 Å². The Kier molecular flexibility index (Phi) is 5.12. The molecule has 1 saturated heterocycles. The summed E-state index contributed by atoms with van der Waals surface area (Å²) in [4.78, 5) is 11.9. The van der Waals surface area contributed by atoms with Gasteiger partial charge in [-0.3, -0.25) is 4.90 Å². The fourth-order valence-electron chi connectivity index (χ4n) is 3.92. The van der Waals surface area contributed by atoms with Gasteiger partial charge in [0.1, 0.15) is 0 Å². The molecule has 1 fully saturated rings. The quantitative estimate of drug-likeness (QED) is 0.452. The van der Waals surface area contributed by atoms with Crippen LogP contribution in [0.15, 0.2) is 53.1 Å². The smallest absolute Gasteiger partial charge is 0.241 e. The molecule has 0 radical (unpaired) electrons. The molecule has 0 spiro atoms. The molecule has 0 aliphatic carbocycles. The molecular weight excluding hydrogens is 380 g/mol. The highest BCUT2D eigenvalue weighted by atomic mass is 32.1. The largest absolute Gasteiger partial charge is 0.338 e. The predicted octanol–water partition coefficient (Wildman–Crippen LogP) is 5.29. The van der Waals surface area contributed by atoms with Gasteiger partial charge in [-0.2, -0.15) is 4.98 Å². The summed E-state index contributed by atoms with van der Waals surface area (Å²) in [5, 5.41) is 5.45. The third-order valence-electron chi connectivity index (χ3n) is 5.69. The number of piperidine rings is 1. The Hall–Kier alpha value is -2.57. The summed E-state index contributed by atoms with van der Waals surface area (Å²) < 4.78 is 6.80. The molecule has 0 atom stereocenters. The first-order chi connectivity index (χ1) is 14.3. The number of likely N-dealkylation sites (tertiary alicyclic amines) is 1. The van der Waals surface area contributed by atoms with E-state index in [0.29, 0.717) is 24.2 Å². The number of para-hydroxylation sites is 1. The van der Waals surface area contributed by atoms with Gasteiger partial charge in [-0.05, 0) is 50.0 Å². The lowest BCUT2D eigenvalue weighted by Crippen LogP contribution is -2.32. The van der Waals surface area contributed by atoms with Crippen molar-refractivity contribution < 1.29 is 4.52 Å². The van der Waals surface area contributed by atoms with Gasteiger partial charge in [-0.15, -0.1) is 11.3 Å². The van der Waals surface area contributed by atoms with Gasteiger partial charge >= 0.3 is 0 Å². The lowest BCUT2D eigenvalue weighted by molar-refractivity contribution is 0.181. The van der Waals surface area contributed by atoms with Crippen LogP contribution >= 0.6 is 11.3 Å². The molecule has 5 rings (SSSR count). The number of aromatic nitrogens is 3. The number of rotatable bonds is 5. The van der Waals surface area contributed by atoms with Crippen LogP contribution in [0.4, 0.5) is 0 Å². The number of fused-ring (bicyclic) bond motifs is 1. The topological polar surface area (TPSA) is 55.1 Å². The zero-order chi connectivity index (χ0) is 19.6. The summed E-state index contributed by atoms with van der Waals surface area (Å²) >= 11 is 1.84. The SMILES string of the molecule is CCc1ccc(-c2noc(CN3CCC(c4nc5ccccc5s4)CC3)n2)cc1. The Bertz CT molecular complexity index is 1060. The first kappa shape index (κ1) is 18.5. The van der Waals surface area contributed by atoms with E-state index in [1.807, 2.05) is 11.3 Å². The zero-order valence-corrected chi connectivity index (χ0v) is 17.4. The predicted molar refractivity (Wildman–Crippen MR) is 116 cm³/mol. The Morgan fingerprint density at radius 1 is 1.03 bits per heavy atom. The number of aryl methyl sites for hydroxylation is 1. The van der Waals surface area contributed by atoms with E-state index in [-0.39, 0.29) is 0 Å². The minimum absolute atomic E-state index is 0.555. The van der Waals surface area contributed by atoms with Crippen LogP contribution in [0.5, 0.6) is 0 Å². The molecule has 2 aromatic heterocycles. The van der Waals surface area contributed by atoms with E-state index < -0.39 is 0 Å². The Labute approximate surface area is 174 Å². The molecule has 0 unspecified atom stereocenters. The minimum Gasteiger partial charge on any atom is -0.338 e. The first-order valence-corrected chi connectivity index (χ1v) is 11.1. The maximum Gasteiger partial charge on any atom is 0.241 e. The molecule has 4 aromatic rings. The van der Waals surface area contributed by atoms with Crippen LogP contribution in [0.1, 0.15) is 42.1 Å². The van der Waals surface area contributed by atoms with Crippen LogP contribution in [0.2, 0.25) is 0 Å². The summed E-state index contributed by atoms with van der Waals surface area (Å²) in [7, 11) is 0. The van der Waals surface area contributed by atoms with E-state index in [0.717, 1.165) is 43.4 Å². The van der Waals surface area contributed by atoms with Crippen molar-refractivity contribution in [1.82, 2.24) is 20.0 Å². The molecule has 6 heteroatoms. The summed E-state index contributed by atoms with van der Waals surface area (Å²) in [5.74, 6) is 1.92. The van der Waals surface area contributed by atoms with Gasteiger partial charge in [0.05, 0.1) is 21.8 Å². The first-order valence-electron chi connectivity index (χ1n) is 10.3. The molecule has 5 nitrogen and oxygen atoms in total. The number of thiazole rings is 1. The average Bonchev–Trinajstić information content (AvgIpc) is 3.41. The molecule has 1 aliphatic heterocycles. The van der Waals surface area contributed by atoms with Crippen molar-refractivity contribution in [2.75, 3.05) is 13.1 Å². The Balaban J connectivity index is 1.20. The highest BCUT2D eigenvalue weighted by Crippen LogP contribution is 2.34. The molecule has 0 N–H and O–H groups in total. The summed E-state index contributed by atoms with van der Waals surface area (Å²) in [6, 6.07) is 16.8. The van der Waals surface area contributed by atoms with Crippen molar-refractivity contribution in [2.24, 2.45) is 0 Å². The molecule has 0 bridgehead atoms. The molecule has 1 aliphatic rings. The second-order valence-corrected chi connectivity index (χ2v) is 8.69. The van der Waals surface area contributed by atoms with Crippen molar-refractivity contribution in [3.05, 3.63) is 65.0 Å². The normalized spacial score (nSPS) is 15.9. The van der Waals surface area contributed by atoms with E-state index in [1.54, 1.807) is 0 Å². The molecule has 3 heterocycles. The fourth-order valence-corrected chi connectivity index (χ4v) is 5.06. The number of nitrogens with zero attached hydrogens (tertiary/aromatic N) is 4. The monoisotopic (exact) mass is 404 g/mol. The van der Waals surface area contributed by atoms with Crippen molar-refractivity contribution in [1.29, 1.82) is 0 Å². The maximum atomic E-state index is 5.52. The standard InChI is InChI=1S/C23H24N4OS/c1-2-16-7-9-17(10-8-16)22-25-21(28-26-22)15-27-13-11-18(12-14-27)23-24-19-5-3-4-6-20(19)29-23/h3-10,18H,2,11-15H2,1H3. The van der Waals surface area contributed by atoms with Crippen molar-refractivity contribution in [2.45, 2.75) is 38.6 Å². The summed E-state index contributed by atoms with van der Waals surface area (Å²) in [5.41, 5.74) is 3.44.